The van der Waals surface area contributed by atoms with Crippen LogP contribution in [0.25, 0.3) is 0 Å². The van der Waals surface area contributed by atoms with Gasteiger partial charge in [0.15, 0.2) is 0 Å². The molecule has 1 heterocycles. The van der Waals surface area contributed by atoms with Crippen LogP contribution >= 0.6 is 0 Å². The molecule has 1 saturated heterocycles. The van der Waals surface area contributed by atoms with Gasteiger partial charge in [0.05, 0.1) is 5.75 Å². The summed E-state index contributed by atoms with van der Waals surface area (Å²) in [5.41, 5.74) is 0. The first-order chi connectivity index (χ1) is 7.83. The molecule has 0 spiro atoms. The van der Waals surface area contributed by atoms with E-state index in [1.54, 1.807) is 4.31 Å². The number of hydrogen-bond acceptors (Lipinski definition) is 4. The maximum Gasteiger partial charge on any atom is 0.215 e. The van der Waals surface area contributed by atoms with E-state index in [9.17, 15) is 8.42 Å². The monoisotopic (exact) mass is 263 g/mol. The van der Waals surface area contributed by atoms with Crippen LogP contribution in [0.1, 0.15) is 20.8 Å². The van der Waals surface area contributed by atoms with Gasteiger partial charge in [-0.15, -0.1) is 0 Å². The van der Waals surface area contributed by atoms with Crippen LogP contribution in [-0.4, -0.2) is 68.7 Å². The van der Waals surface area contributed by atoms with Crippen molar-refractivity contribution < 1.29 is 8.42 Å². The molecule has 17 heavy (non-hydrogen) atoms. The summed E-state index contributed by atoms with van der Waals surface area (Å²) in [6.07, 6.45) is 0. The van der Waals surface area contributed by atoms with Crippen molar-refractivity contribution in [3.05, 3.63) is 0 Å². The van der Waals surface area contributed by atoms with Crippen molar-refractivity contribution in [3.8, 4) is 0 Å². The van der Waals surface area contributed by atoms with E-state index in [2.05, 4.69) is 17.1 Å². The van der Waals surface area contributed by atoms with Gasteiger partial charge in [-0.3, -0.25) is 0 Å². The van der Waals surface area contributed by atoms with Gasteiger partial charge in [-0.25, -0.2) is 8.42 Å². The highest BCUT2D eigenvalue weighted by Crippen LogP contribution is 2.11. The fraction of sp³-hybridized carbons (Fsp3) is 1.00. The zero-order valence-electron chi connectivity index (χ0n) is 11.3. The van der Waals surface area contributed by atoms with Crippen LogP contribution in [0, 0.1) is 0 Å². The Labute approximate surface area is 105 Å². The third-order valence-corrected chi connectivity index (χ3v) is 5.07. The lowest BCUT2D eigenvalue weighted by Crippen LogP contribution is -2.53. The average molecular weight is 263 g/mol. The summed E-state index contributed by atoms with van der Waals surface area (Å²) in [7, 11) is -1.05. The van der Waals surface area contributed by atoms with Crippen molar-refractivity contribution in [2.75, 3.05) is 39.0 Å². The van der Waals surface area contributed by atoms with Gasteiger partial charge in [0.2, 0.25) is 10.0 Å². The lowest BCUT2D eigenvalue weighted by molar-refractivity contribution is 0.159. The summed E-state index contributed by atoms with van der Waals surface area (Å²) in [5.74, 6) is 0.196. The molecule has 0 aromatic rings. The van der Waals surface area contributed by atoms with E-state index in [-0.39, 0.29) is 5.75 Å². The Morgan fingerprint density at radius 1 is 1.35 bits per heavy atom. The van der Waals surface area contributed by atoms with E-state index in [0.717, 1.165) is 6.54 Å². The third kappa shape index (κ3) is 4.54. The van der Waals surface area contributed by atoms with Gasteiger partial charge in [-0.1, -0.05) is 13.8 Å². The van der Waals surface area contributed by atoms with Crippen LogP contribution in [0.4, 0.5) is 0 Å². The average Bonchev–Trinajstić information content (AvgIpc) is 2.21. The molecule has 102 valence electrons. The second-order valence-corrected chi connectivity index (χ2v) is 7.20. The van der Waals surface area contributed by atoms with Crippen molar-refractivity contribution in [2.24, 2.45) is 0 Å². The summed E-state index contributed by atoms with van der Waals surface area (Å²) in [5, 5.41) is 3.14. The van der Waals surface area contributed by atoms with E-state index in [4.69, 9.17) is 0 Å². The zero-order chi connectivity index (χ0) is 13.1. The second-order valence-electron chi connectivity index (χ2n) is 5.11. The van der Waals surface area contributed by atoms with E-state index in [1.807, 2.05) is 20.9 Å². The highest BCUT2D eigenvalue weighted by atomic mass is 32.2. The molecule has 1 rings (SSSR count). The van der Waals surface area contributed by atoms with E-state index in [1.165, 1.54) is 0 Å². The lowest BCUT2D eigenvalue weighted by Gasteiger charge is -2.36. The van der Waals surface area contributed by atoms with Gasteiger partial charge >= 0.3 is 0 Å². The molecule has 1 aliphatic heterocycles. The molecule has 0 aromatic heterocycles. The Morgan fingerprint density at radius 3 is 2.53 bits per heavy atom. The first-order valence-corrected chi connectivity index (χ1v) is 7.85. The summed E-state index contributed by atoms with van der Waals surface area (Å²) in [6, 6.07) is 0.633. The first-order valence-electron chi connectivity index (χ1n) is 6.24. The Bertz CT molecular complexity index is 330. The number of piperazine rings is 1. The van der Waals surface area contributed by atoms with Crippen LogP contribution in [0.5, 0.6) is 0 Å². The van der Waals surface area contributed by atoms with Crippen molar-refractivity contribution in [2.45, 2.75) is 32.9 Å². The highest BCUT2D eigenvalue weighted by molar-refractivity contribution is 7.89. The number of nitrogens with one attached hydrogen (secondary N) is 1. The summed E-state index contributed by atoms with van der Waals surface area (Å²) >= 11 is 0. The Kier molecular flexibility index (Phi) is 5.37. The largest absolute Gasteiger partial charge is 0.313 e. The van der Waals surface area contributed by atoms with Gasteiger partial charge in [-0.2, -0.15) is 4.31 Å². The second kappa shape index (κ2) is 6.13. The number of sulfonamides is 1. The SMILES string of the molecule is CC(C)NCCS(=O)(=O)N1CCN(C)C(C)C1. The Morgan fingerprint density at radius 2 is 2.00 bits per heavy atom. The molecule has 1 atom stereocenters. The van der Waals surface area contributed by atoms with Crippen molar-refractivity contribution in [1.82, 2.24) is 14.5 Å². The molecular formula is C11H25N3O2S. The van der Waals surface area contributed by atoms with Crippen LogP contribution in [0.2, 0.25) is 0 Å². The number of likely N-dealkylation sites (N-methyl/N-ethyl adjacent to an activating group) is 1. The molecule has 0 saturated carbocycles. The molecule has 5 nitrogen and oxygen atoms in total. The fourth-order valence-electron chi connectivity index (χ4n) is 1.87. The molecule has 0 aliphatic carbocycles. The predicted molar refractivity (Wildman–Crippen MR) is 70.6 cm³/mol. The molecule has 0 radical (unpaired) electrons. The van der Waals surface area contributed by atoms with Crippen LogP contribution in [-0.2, 0) is 10.0 Å². The Hall–Kier alpha value is -0.170. The molecule has 1 N–H and O–H groups in total. The van der Waals surface area contributed by atoms with Gasteiger partial charge in [0.1, 0.15) is 0 Å². The maximum atomic E-state index is 12.1. The molecule has 1 fully saturated rings. The molecule has 1 unspecified atom stereocenters. The summed E-state index contributed by atoms with van der Waals surface area (Å²) < 4.78 is 25.8. The first kappa shape index (κ1) is 14.9. The Balaban J connectivity index is 2.47. The van der Waals surface area contributed by atoms with Crippen molar-refractivity contribution in [1.29, 1.82) is 0 Å². The number of nitrogens with zero attached hydrogens (tertiary/aromatic N) is 2. The minimum atomic E-state index is -3.09. The lowest BCUT2D eigenvalue weighted by atomic mass is 10.2. The maximum absolute atomic E-state index is 12.1. The number of hydrogen-bond donors (Lipinski definition) is 1. The molecular weight excluding hydrogens is 238 g/mol. The zero-order valence-corrected chi connectivity index (χ0v) is 12.1. The van der Waals surface area contributed by atoms with Gasteiger partial charge in [0, 0.05) is 38.3 Å². The minimum absolute atomic E-state index is 0.196. The van der Waals surface area contributed by atoms with Gasteiger partial charge < -0.3 is 10.2 Å². The van der Waals surface area contributed by atoms with E-state index >= 15 is 0 Å². The molecule has 6 heteroatoms. The third-order valence-electron chi connectivity index (χ3n) is 3.23. The smallest absolute Gasteiger partial charge is 0.215 e. The predicted octanol–water partition coefficient (Wildman–Crippen LogP) is -0.0499. The van der Waals surface area contributed by atoms with E-state index in [0.29, 0.717) is 31.7 Å². The molecule has 1 aliphatic rings. The number of rotatable bonds is 5. The summed E-state index contributed by atoms with van der Waals surface area (Å²) in [6.45, 7) is 8.67. The van der Waals surface area contributed by atoms with Crippen molar-refractivity contribution >= 4 is 10.0 Å². The topological polar surface area (TPSA) is 52.7 Å². The quantitative estimate of drug-likeness (QED) is 0.756. The fourth-order valence-corrected chi connectivity index (χ4v) is 3.31. The molecule has 0 bridgehead atoms. The standard InChI is InChI=1S/C11H25N3O2S/c1-10(2)12-5-8-17(15,16)14-7-6-13(4)11(3)9-14/h10-12H,5-9H2,1-4H3. The van der Waals surface area contributed by atoms with Crippen LogP contribution in [0.3, 0.4) is 0 Å². The highest BCUT2D eigenvalue weighted by Gasteiger charge is 2.28. The van der Waals surface area contributed by atoms with Gasteiger partial charge in [0.25, 0.3) is 0 Å². The van der Waals surface area contributed by atoms with Crippen LogP contribution < -0.4 is 5.32 Å². The minimum Gasteiger partial charge on any atom is -0.313 e. The molecule has 0 amide bonds. The van der Waals surface area contributed by atoms with Crippen LogP contribution in [0.15, 0.2) is 0 Å². The van der Waals surface area contributed by atoms with Gasteiger partial charge in [-0.05, 0) is 14.0 Å². The summed E-state index contributed by atoms with van der Waals surface area (Å²) in [4.78, 5) is 2.19. The molecule has 0 aromatic carbocycles. The van der Waals surface area contributed by atoms with Crippen molar-refractivity contribution in [3.63, 3.8) is 0 Å². The van der Waals surface area contributed by atoms with E-state index < -0.39 is 10.0 Å². The normalized spacial score (nSPS) is 24.4.